The van der Waals surface area contributed by atoms with Crippen LogP contribution in [0.4, 0.5) is 0 Å². The number of piperidine rings is 1. The number of nitrogens with zero attached hydrogens (tertiary/aromatic N) is 2. The number of sulfonamides is 1. The molecule has 3 rings (SSSR count). The van der Waals surface area contributed by atoms with Crippen molar-refractivity contribution in [1.29, 1.82) is 0 Å². The van der Waals surface area contributed by atoms with Gasteiger partial charge in [-0.3, -0.25) is 9.88 Å². The van der Waals surface area contributed by atoms with E-state index in [0.29, 0.717) is 6.54 Å². The molecule has 0 saturated carbocycles. The van der Waals surface area contributed by atoms with Gasteiger partial charge in [-0.05, 0) is 55.6 Å². The molecule has 2 heterocycles. The summed E-state index contributed by atoms with van der Waals surface area (Å²) in [6, 6.07) is 10.2. The quantitative estimate of drug-likeness (QED) is 0.788. The first-order chi connectivity index (χ1) is 12.9. The molecule has 0 aliphatic carbocycles. The molecule has 6 nitrogen and oxygen atoms in total. The maximum Gasteiger partial charge on any atom is 0.208 e. The van der Waals surface area contributed by atoms with Crippen molar-refractivity contribution in [2.45, 2.75) is 38.8 Å². The summed E-state index contributed by atoms with van der Waals surface area (Å²) >= 11 is 0. The van der Waals surface area contributed by atoms with Gasteiger partial charge in [0, 0.05) is 25.3 Å². The van der Waals surface area contributed by atoms with Crippen LogP contribution in [0, 0.1) is 6.92 Å². The van der Waals surface area contributed by atoms with Gasteiger partial charge in [0.1, 0.15) is 11.5 Å². The summed E-state index contributed by atoms with van der Waals surface area (Å²) in [7, 11) is -3.16. The fourth-order valence-electron chi connectivity index (χ4n) is 3.44. The van der Waals surface area contributed by atoms with E-state index in [-0.39, 0.29) is 6.04 Å². The third-order valence-corrected chi connectivity index (χ3v) is 5.51. The van der Waals surface area contributed by atoms with Crippen LogP contribution in [-0.2, 0) is 16.6 Å². The van der Waals surface area contributed by atoms with Gasteiger partial charge in [0.25, 0.3) is 0 Å². The molecule has 1 fully saturated rings. The van der Waals surface area contributed by atoms with Crippen LogP contribution in [0.3, 0.4) is 0 Å². The first-order valence-electron chi connectivity index (χ1n) is 9.27. The molecular weight excluding hydrogens is 362 g/mol. The highest BCUT2D eigenvalue weighted by Crippen LogP contribution is 2.26. The molecule has 1 aliphatic heterocycles. The smallest absolute Gasteiger partial charge is 0.208 e. The van der Waals surface area contributed by atoms with Crippen molar-refractivity contribution in [3.05, 3.63) is 53.9 Å². The predicted octanol–water partition coefficient (Wildman–Crippen LogP) is 3.09. The Balaban J connectivity index is 1.66. The molecule has 2 aromatic rings. The van der Waals surface area contributed by atoms with Crippen molar-refractivity contribution < 1.29 is 13.2 Å². The Hall–Kier alpha value is -1.96. The number of pyridine rings is 1. The predicted molar refractivity (Wildman–Crippen MR) is 106 cm³/mol. The molecule has 1 N–H and O–H groups in total. The summed E-state index contributed by atoms with van der Waals surface area (Å²) in [5.41, 5.74) is 2.27. The van der Waals surface area contributed by atoms with E-state index in [2.05, 4.69) is 26.7 Å². The van der Waals surface area contributed by atoms with Crippen LogP contribution in [0.15, 0.2) is 42.7 Å². The van der Waals surface area contributed by atoms with Gasteiger partial charge in [0.05, 0.1) is 12.5 Å². The lowest BCUT2D eigenvalue weighted by Crippen LogP contribution is -2.46. The van der Waals surface area contributed by atoms with Crippen LogP contribution >= 0.6 is 0 Å². The molecular formula is C20H27N3O3S. The van der Waals surface area contributed by atoms with E-state index in [1.54, 1.807) is 12.4 Å². The first kappa shape index (κ1) is 19.8. The Morgan fingerprint density at radius 3 is 2.85 bits per heavy atom. The Kier molecular flexibility index (Phi) is 6.46. The normalized spacial score (nSPS) is 18.4. The Morgan fingerprint density at radius 2 is 2.15 bits per heavy atom. The second kappa shape index (κ2) is 8.82. The Labute approximate surface area is 161 Å². The van der Waals surface area contributed by atoms with Gasteiger partial charge in [-0.1, -0.05) is 18.6 Å². The molecule has 1 aliphatic rings. The van der Waals surface area contributed by atoms with Gasteiger partial charge < -0.3 is 4.74 Å². The van der Waals surface area contributed by atoms with Gasteiger partial charge in [-0.15, -0.1) is 0 Å². The van der Waals surface area contributed by atoms with Gasteiger partial charge in [-0.25, -0.2) is 13.1 Å². The minimum Gasteiger partial charge on any atom is -0.455 e. The molecule has 0 amide bonds. The maximum atomic E-state index is 11.4. The highest BCUT2D eigenvalue weighted by Gasteiger charge is 2.23. The number of aryl methyl sites for hydroxylation is 1. The Morgan fingerprint density at radius 1 is 1.30 bits per heavy atom. The number of aromatic nitrogens is 1. The lowest BCUT2D eigenvalue weighted by Gasteiger charge is -2.35. The van der Waals surface area contributed by atoms with Crippen molar-refractivity contribution in [1.82, 2.24) is 14.6 Å². The summed E-state index contributed by atoms with van der Waals surface area (Å²) in [5, 5.41) is 0. The molecule has 1 aromatic heterocycles. The first-order valence-corrected chi connectivity index (χ1v) is 11.2. The lowest BCUT2D eigenvalue weighted by molar-refractivity contribution is 0.142. The summed E-state index contributed by atoms with van der Waals surface area (Å²) in [6.45, 7) is 4.31. The molecule has 0 spiro atoms. The SMILES string of the molecule is Cc1cc(CN2CCCCC2CNS(C)(=O)=O)ccc1Oc1cccnc1. The maximum absolute atomic E-state index is 11.4. The van der Waals surface area contributed by atoms with Crippen LogP contribution in [0.25, 0.3) is 0 Å². The largest absolute Gasteiger partial charge is 0.455 e. The minimum atomic E-state index is -3.16. The fraction of sp³-hybridized carbons (Fsp3) is 0.450. The fourth-order valence-corrected chi connectivity index (χ4v) is 3.94. The number of ether oxygens (including phenoxy) is 1. The third-order valence-electron chi connectivity index (χ3n) is 4.82. The van der Waals surface area contributed by atoms with Crippen molar-refractivity contribution in [2.24, 2.45) is 0 Å². The number of nitrogens with one attached hydrogen (secondary N) is 1. The van der Waals surface area contributed by atoms with Gasteiger partial charge in [0.15, 0.2) is 0 Å². The number of likely N-dealkylation sites (tertiary alicyclic amines) is 1. The van der Waals surface area contributed by atoms with E-state index in [9.17, 15) is 8.42 Å². The highest BCUT2D eigenvalue weighted by molar-refractivity contribution is 7.88. The zero-order valence-electron chi connectivity index (χ0n) is 15.9. The molecule has 146 valence electrons. The molecule has 0 radical (unpaired) electrons. The molecule has 27 heavy (non-hydrogen) atoms. The summed E-state index contributed by atoms with van der Waals surface area (Å²) < 4.78 is 31.4. The Bertz CT molecular complexity index is 856. The third kappa shape index (κ3) is 6.02. The van der Waals surface area contributed by atoms with E-state index >= 15 is 0 Å². The zero-order valence-corrected chi connectivity index (χ0v) is 16.7. The molecule has 1 saturated heterocycles. The molecule has 1 atom stereocenters. The van der Waals surface area contributed by atoms with E-state index in [0.717, 1.165) is 49.4 Å². The van der Waals surface area contributed by atoms with Crippen molar-refractivity contribution in [3.8, 4) is 11.5 Å². The second-order valence-corrected chi connectivity index (χ2v) is 8.96. The van der Waals surface area contributed by atoms with Crippen molar-refractivity contribution in [2.75, 3.05) is 19.3 Å². The molecule has 0 bridgehead atoms. The van der Waals surface area contributed by atoms with E-state index in [4.69, 9.17) is 4.74 Å². The minimum absolute atomic E-state index is 0.236. The van der Waals surface area contributed by atoms with Gasteiger partial charge in [0.2, 0.25) is 10.0 Å². The number of hydrogen-bond acceptors (Lipinski definition) is 5. The van der Waals surface area contributed by atoms with Crippen LogP contribution in [-0.4, -0.2) is 43.7 Å². The van der Waals surface area contributed by atoms with Crippen LogP contribution in [0.2, 0.25) is 0 Å². The van der Waals surface area contributed by atoms with E-state index in [1.165, 1.54) is 11.8 Å². The standard InChI is InChI=1S/C20H27N3O3S/c1-16-12-17(8-9-20(16)26-19-7-5-10-21-14-19)15-23-11-4-3-6-18(23)13-22-27(2,24)25/h5,7-10,12,14,18,22H,3-4,6,11,13,15H2,1-2H3. The lowest BCUT2D eigenvalue weighted by atomic mass is 10.0. The molecule has 1 aromatic carbocycles. The molecule has 7 heteroatoms. The topological polar surface area (TPSA) is 71.5 Å². The summed E-state index contributed by atoms with van der Waals surface area (Å²) in [6.07, 6.45) is 7.94. The molecule has 1 unspecified atom stereocenters. The van der Waals surface area contributed by atoms with Crippen LogP contribution < -0.4 is 9.46 Å². The second-order valence-electron chi connectivity index (χ2n) is 7.13. The van der Waals surface area contributed by atoms with Crippen LogP contribution in [0.1, 0.15) is 30.4 Å². The van der Waals surface area contributed by atoms with Gasteiger partial charge >= 0.3 is 0 Å². The number of benzene rings is 1. The van der Waals surface area contributed by atoms with Gasteiger partial charge in [-0.2, -0.15) is 0 Å². The highest BCUT2D eigenvalue weighted by atomic mass is 32.2. The van der Waals surface area contributed by atoms with Crippen LogP contribution in [0.5, 0.6) is 11.5 Å². The number of rotatable bonds is 7. The zero-order chi connectivity index (χ0) is 19.3. The van der Waals surface area contributed by atoms with E-state index in [1.807, 2.05) is 25.1 Å². The summed E-state index contributed by atoms with van der Waals surface area (Å²) in [4.78, 5) is 6.44. The monoisotopic (exact) mass is 389 g/mol. The number of hydrogen-bond donors (Lipinski definition) is 1. The van der Waals surface area contributed by atoms with E-state index < -0.39 is 10.0 Å². The average Bonchev–Trinajstić information content (AvgIpc) is 2.63. The average molecular weight is 390 g/mol. The van der Waals surface area contributed by atoms with Crippen molar-refractivity contribution in [3.63, 3.8) is 0 Å². The van der Waals surface area contributed by atoms with Crippen molar-refractivity contribution >= 4 is 10.0 Å². The summed E-state index contributed by atoms with van der Waals surface area (Å²) in [5.74, 6) is 1.54.